The molecule has 1 N–H and O–H groups in total. The van der Waals surface area contributed by atoms with E-state index in [2.05, 4.69) is 4.52 Å². The standard InChI is InChI=1S/C2H7O4P/c1-6-7(4,5)2-3/h3H,2H2,1H3,(H,4,5)/p-1. The van der Waals surface area contributed by atoms with Gasteiger partial charge in [0, 0.05) is 7.11 Å². The number of aliphatic hydroxyl groups excluding tert-OH is 1. The maximum absolute atomic E-state index is 9.92. The summed E-state index contributed by atoms with van der Waals surface area (Å²) >= 11 is 0. The van der Waals surface area contributed by atoms with Crippen molar-refractivity contribution in [3.8, 4) is 0 Å². The van der Waals surface area contributed by atoms with Gasteiger partial charge in [-0.1, -0.05) is 0 Å². The summed E-state index contributed by atoms with van der Waals surface area (Å²) < 4.78 is 13.8. The van der Waals surface area contributed by atoms with E-state index >= 15 is 0 Å². The van der Waals surface area contributed by atoms with Crippen LogP contribution in [0.1, 0.15) is 0 Å². The molecule has 0 saturated heterocycles. The fourth-order valence-corrected chi connectivity index (χ4v) is 0.173. The first kappa shape index (κ1) is 7.11. The second kappa shape index (κ2) is 2.43. The Bertz CT molecular complexity index is 81.7. The van der Waals surface area contributed by atoms with Crippen LogP contribution in [-0.2, 0) is 9.09 Å². The Morgan fingerprint density at radius 1 is 2.00 bits per heavy atom. The van der Waals surface area contributed by atoms with Crippen LogP contribution in [0.5, 0.6) is 0 Å². The lowest BCUT2D eigenvalue weighted by Crippen LogP contribution is -2.05. The van der Waals surface area contributed by atoms with Crippen molar-refractivity contribution in [2.75, 3.05) is 13.5 Å². The topological polar surface area (TPSA) is 69.6 Å². The number of rotatable bonds is 2. The molecule has 5 heteroatoms. The summed E-state index contributed by atoms with van der Waals surface area (Å²) in [4.78, 5) is 9.92. The minimum atomic E-state index is -3.85. The van der Waals surface area contributed by atoms with Crippen molar-refractivity contribution >= 4 is 7.60 Å². The molecule has 0 spiro atoms. The number of hydrogen-bond donors (Lipinski definition) is 1. The highest BCUT2D eigenvalue weighted by molar-refractivity contribution is 7.51. The highest BCUT2D eigenvalue weighted by Crippen LogP contribution is 2.32. The van der Waals surface area contributed by atoms with Gasteiger partial charge in [-0.2, -0.15) is 0 Å². The third-order valence-electron chi connectivity index (χ3n) is 0.451. The van der Waals surface area contributed by atoms with Crippen LogP contribution < -0.4 is 4.89 Å². The lowest BCUT2D eigenvalue weighted by Gasteiger charge is -2.16. The predicted molar refractivity (Wildman–Crippen MR) is 21.7 cm³/mol. The van der Waals surface area contributed by atoms with Gasteiger partial charge in [-0.15, -0.1) is 0 Å². The number of hydrogen-bond acceptors (Lipinski definition) is 4. The van der Waals surface area contributed by atoms with E-state index < -0.39 is 13.9 Å². The van der Waals surface area contributed by atoms with Gasteiger partial charge in [0.15, 0.2) is 7.60 Å². The van der Waals surface area contributed by atoms with Gasteiger partial charge in [0.2, 0.25) is 0 Å². The average Bonchev–Trinajstić information content (AvgIpc) is 1.68. The van der Waals surface area contributed by atoms with Gasteiger partial charge in [-0.25, -0.2) is 0 Å². The first-order chi connectivity index (χ1) is 3.12. The van der Waals surface area contributed by atoms with E-state index in [1.807, 2.05) is 0 Å². The molecule has 0 radical (unpaired) electrons. The zero-order valence-corrected chi connectivity index (χ0v) is 4.72. The zero-order valence-electron chi connectivity index (χ0n) is 3.83. The lowest BCUT2D eigenvalue weighted by molar-refractivity contribution is -0.200. The molecule has 0 bridgehead atoms. The molecule has 0 heterocycles. The Morgan fingerprint density at radius 2 is 2.43 bits per heavy atom. The van der Waals surface area contributed by atoms with Crippen molar-refractivity contribution in [1.29, 1.82) is 0 Å². The van der Waals surface area contributed by atoms with Gasteiger partial charge in [-0.3, -0.25) is 0 Å². The largest absolute Gasteiger partial charge is 0.777 e. The highest BCUT2D eigenvalue weighted by atomic mass is 31.2. The van der Waals surface area contributed by atoms with E-state index in [0.717, 1.165) is 7.11 Å². The summed E-state index contributed by atoms with van der Waals surface area (Å²) in [5.74, 6) is 0. The first-order valence-electron chi connectivity index (χ1n) is 1.59. The molecule has 0 aliphatic rings. The maximum atomic E-state index is 9.92. The second-order valence-electron chi connectivity index (χ2n) is 0.935. The molecule has 0 aromatic heterocycles. The van der Waals surface area contributed by atoms with Crippen LogP contribution in [0.3, 0.4) is 0 Å². The molecule has 44 valence electrons. The maximum Gasteiger partial charge on any atom is 0.160 e. The molecule has 0 aliphatic heterocycles. The summed E-state index contributed by atoms with van der Waals surface area (Å²) in [6.45, 7) is 0. The molecule has 1 unspecified atom stereocenters. The molecule has 7 heavy (non-hydrogen) atoms. The van der Waals surface area contributed by atoms with E-state index in [1.165, 1.54) is 0 Å². The highest BCUT2D eigenvalue weighted by Gasteiger charge is 1.98. The molecular formula is C2H6O4P-. The van der Waals surface area contributed by atoms with Crippen molar-refractivity contribution in [3.63, 3.8) is 0 Å². The molecule has 0 rings (SSSR count). The molecule has 0 fully saturated rings. The lowest BCUT2D eigenvalue weighted by atomic mass is 11.7. The Labute approximate surface area is 41.3 Å². The summed E-state index contributed by atoms with van der Waals surface area (Å²) in [5.41, 5.74) is 0. The minimum Gasteiger partial charge on any atom is -0.777 e. The van der Waals surface area contributed by atoms with E-state index in [0.29, 0.717) is 0 Å². The van der Waals surface area contributed by atoms with E-state index in [1.54, 1.807) is 0 Å². The van der Waals surface area contributed by atoms with Crippen molar-refractivity contribution in [1.82, 2.24) is 0 Å². The molecule has 4 nitrogen and oxygen atoms in total. The fourth-order valence-electron chi connectivity index (χ4n) is 0.0577. The predicted octanol–water partition coefficient (Wildman–Crippen LogP) is -0.864. The SMILES string of the molecule is COP(=O)([O-])CO. The van der Waals surface area contributed by atoms with Gasteiger partial charge < -0.3 is 19.1 Å². The summed E-state index contributed by atoms with van der Waals surface area (Å²) in [6.07, 6.45) is -0.927. The van der Waals surface area contributed by atoms with Gasteiger partial charge >= 0.3 is 0 Å². The smallest absolute Gasteiger partial charge is 0.160 e. The van der Waals surface area contributed by atoms with Gasteiger partial charge in [-0.05, 0) is 0 Å². The third-order valence-corrected chi connectivity index (χ3v) is 1.35. The van der Waals surface area contributed by atoms with Gasteiger partial charge in [0.05, 0.1) is 0 Å². The summed E-state index contributed by atoms with van der Waals surface area (Å²) in [6, 6.07) is 0. The average molecular weight is 125 g/mol. The van der Waals surface area contributed by atoms with Gasteiger partial charge in [0.1, 0.15) is 6.35 Å². The minimum absolute atomic E-state index is 0.927. The Kier molecular flexibility index (Phi) is 2.46. The van der Waals surface area contributed by atoms with Crippen LogP contribution in [0.15, 0.2) is 0 Å². The Hall–Kier alpha value is 0.110. The van der Waals surface area contributed by atoms with Crippen molar-refractivity contribution in [2.45, 2.75) is 0 Å². The molecule has 0 aromatic rings. The molecule has 1 atom stereocenters. The van der Waals surface area contributed by atoms with Crippen LogP contribution in [0, 0.1) is 0 Å². The van der Waals surface area contributed by atoms with E-state index in [4.69, 9.17) is 5.11 Å². The van der Waals surface area contributed by atoms with Crippen molar-refractivity contribution in [3.05, 3.63) is 0 Å². The molecular weight excluding hydrogens is 119 g/mol. The molecule has 0 aliphatic carbocycles. The molecule has 0 aromatic carbocycles. The Balaban J connectivity index is 3.61. The summed E-state index contributed by atoms with van der Waals surface area (Å²) in [7, 11) is -2.84. The van der Waals surface area contributed by atoms with E-state index in [-0.39, 0.29) is 0 Å². The molecule has 0 amide bonds. The quantitative estimate of drug-likeness (QED) is 0.487. The van der Waals surface area contributed by atoms with Gasteiger partial charge in [0.25, 0.3) is 0 Å². The second-order valence-corrected chi connectivity index (χ2v) is 2.80. The van der Waals surface area contributed by atoms with Crippen LogP contribution in [-0.4, -0.2) is 18.6 Å². The van der Waals surface area contributed by atoms with Crippen molar-refractivity contribution < 1.29 is 19.1 Å². The number of aliphatic hydroxyl groups is 1. The van der Waals surface area contributed by atoms with Crippen LogP contribution in [0.4, 0.5) is 0 Å². The first-order valence-corrected chi connectivity index (χ1v) is 3.32. The third kappa shape index (κ3) is 2.76. The Morgan fingerprint density at radius 3 is 2.43 bits per heavy atom. The molecule has 0 saturated carbocycles. The zero-order chi connectivity index (χ0) is 5.91. The summed E-state index contributed by atoms with van der Waals surface area (Å²) in [5, 5.41) is 7.89. The van der Waals surface area contributed by atoms with E-state index in [9.17, 15) is 9.46 Å². The van der Waals surface area contributed by atoms with Crippen LogP contribution >= 0.6 is 7.60 Å². The monoisotopic (exact) mass is 125 g/mol. The van der Waals surface area contributed by atoms with Crippen LogP contribution in [0.25, 0.3) is 0 Å². The van der Waals surface area contributed by atoms with Crippen molar-refractivity contribution in [2.24, 2.45) is 0 Å². The fraction of sp³-hybridized carbons (Fsp3) is 1.00. The van der Waals surface area contributed by atoms with Crippen LogP contribution in [0.2, 0.25) is 0 Å². The normalized spacial score (nSPS) is 18.7.